The number of fused-ring (bicyclic) bond motifs is 1. The van der Waals surface area contributed by atoms with Crippen LogP contribution in [-0.2, 0) is 0 Å². The van der Waals surface area contributed by atoms with Gasteiger partial charge in [0, 0.05) is 11.8 Å². The molecule has 20 heavy (non-hydrogen) atoms. The highest BCUT2D eigenvalue weighted by Gasteiger charge is 2.07. The Kier molecular flexibility index (Phi) is 3.40. The van der Waals surface area contributed by atoms with Crippen LogP contribution in [-0.4, -0.2) is 17.7 Å². The number of benzene rings is 2. The third-order valence-electron chi connectivity index (χ3n) is 3.24. The highest BCUT2D eigenvalue weighted by molar-refractivity contribution is 6.17. The summed E-state index contributed by atoms with van der Waals surface area (Å²) in [4.78, 5) is 4.25. The fraction of sp³-hybridized carbons (Fsp3) is 0.0625. The summed E-state index contributed by atoms with van der Waals surface area (Å²) in [7, 11) is -0.370. The molecule has 0 aliphatic carbocycles. The minimum absolute atomic E-state index is 0.370. The molecule has 3 rings (SSSR count). The fourth-order valence-corrected chi connectivity index (χ4v) is 2.41. The van der Waals surface area contributed by atoms with Gasteiger partial charge >= 0.3 is 7.69 Å². The van der Waals surface area contributed by atoms with Gasteiger partial charge in [-0.2, -0.15) is 0 Å². The van der Waals surface area contributed by atoms with Crippen LogP contribution in [0.3, 0.4) is 0 Å². The number of nitrogens with zero attached hydrogens (tertiary/aromatic N) is 1. The Morgan fingerprint density at radius 1 is 1.05 bits per heavy atom. The van der Waals surface area contributed by atoms with E-state index >= 15 is 0 Å². The largest absolute Gasteiger partial charge is 0.525 e. The van der Waals surface area contributed by atoms with Crippen molar-refractivity contribution in [1.29, 1.82) is 0 Å². The van der Waals surface area contributed by atoms with E-state index in [0.29, 0.717) is 5.88 Å². The van der Waals surface area contributed by atoms with Crippen LogP contribution in [0.1, 0.15) is 5.69 Å². The Morgan fingerprint density at radius 2 is 1.85 bits per heavy atom. The summed E-state index contributed by atoms with van der Waals surface area (Å²) in [6.45, 7) is 1.92. The van der Waals surface area contributed by atoms with Gasteiger partial charge in [0.05, 0.1) is 0 Å². The van der Waals surface area contributed by atoms with Crippen molar-refractivity contribution >= 4 is 18.5 Å². The smallest absolute Gasteiger partial charge is 0.505 e. The zero-order valence-corrected chi connectivity index (χ0v) is 11.2. The maximum atomic E-state index is 8.88. The van der Waals surface area contributed by atoms with E-state index in [2.05, 4.69) is 29.2 Å². The summed E-state index contributed by atoms with van der Waals surface area (Å²) >= 11 is 0. The molecule has 0 spiro atoms. The summed E-state index contributed by atoms with van der Waals surface area (Å²) in [5.74, 6) is 0.440. The second-order valence-electron chi connectivity index (χ2n) is 4.64. The molecule has 1 aromatic heterocycles. The van der Waals surface area contributed by atoms with Crippen molar-refractivity contribution in [3.63, 3.8) is 0 Å². The molecule has 0 bridgehead atoms. The molecular weight excluding hydrogens is 249 g/mol. The summed E-state index contributed by atoms with van der Waals surface area (Å²) in [5, 5.41) is 11.3. The summed E-state index contributed by atoms with van der Waals surface area (Å²) in [6.07, 6.45) is 0. The lowest BCUT2D eigenvalue weighted by atomic mass is 9.98. The van der Waals surface area contributed by atoms with Gasteiger partial charge in [-0.05, 0) is 34.9 Å². The van der Waals surface area contributed by atoms with Crippen LogP contribution in [0.2, 0.25) is 0 Å². The Balaban J connectivity index is 2.20. The van der Waals surface area contributed by atoms with E-state index in [1.807, 2.05) is 37.3 Å². The van der Waals surface area contributed by atoms with E-state index in [1.54, 1.807) is 0 Å². The number of rotatable bonds is 3. The van der Waals surface area contributed by atoms with Gasteiger partial charge in [-0.25, -0.2) is 4.98 Å². The average molecular weight is 263 g/mol. The number of pyridine rings is 1. The van der Waals surface area contributed by atoms with E-state index in [9.17, 15) is 0 Å². The van der Waals surface area contributed by atoms with Gasteiger partial charge in [0.15, 0.2) is 5.88 Å². The van der Waals surface area contributed by atoms with E-state index in [4.69, 9.17) is 9.68 Å². The normalized spacial score (nSPS) is 10.5. The predicted molar refractivity (Wildman–Crippen MR) is 81.9 cm³/mol. The molecular formula is C16H14BNO2. The Labute approximate surface area is 118 Å². The number of hydrogen-bond acceptors (Lipinski definition) is 3. The van der Waals surface area contributed by atoms with Crippen molar-refractivity contribution in [2.75, 3.05) is 0 Å². The Hall–Kier alpha value is -2.33. The lowest BCUT2D eigenvalue weighted by molar-refractivity contribution is 0.442. The van der Waals surface area contributed by atoms with Crippen molar-refractivity contribution < 1.29 is 9.68 Å². The zero-order valence-electron chi connectivity index (χ0n) is 11.2. The topological polar surface area (TPSA) is 42.4 Å². The molecule has 2 aromatic carbocycles. The first-order chi connectivity index (χ1) is 9.78. The standard InChI is InChI=1S/C16H14BNO2/c1-11-9-13(10-16(18-11)20-17-19)15-8-4-6-12-5-2-3-7-14(12)15/h2-10,17,19H,1H3. The average Bonchev–Trinajstić information content (AvgIpc) is 2.46. The number of hydrogen-bond donors (Lipinski definition) is 1. The maximum Gasteiger partial charge on any atom is 0.505 e. The number of aromatic nitrogens is 1. The minimum atomic E-state index is -0.370. The maximum absolute atomic E-state index is 8.88. The lowest BCUT2D eigenvalue weighted by Gasteiger charge is -2.10. The van der Waals surface area contributed by atoms with E-state index in [-0.39, 0.29) is 7.69 Å². The summed E-state index contributed by atoms with van der Waals surface area (Å²) < 4.78 is 5.11. The summed E-state index contributed by atoms with van der Waals surface area (Å²) in [6, 6.07) is 18.4. The van der Waals surface area contributed by atoms with E-state index in [0.717, 1.165) is 16.8 Å². The van der Waals surface area contributed by atoms with E-state index < -0.39 is 0 Å². The van der Waals surface area contributed by atoms with Crippen LogP contribution in [0.5, 0.6) is 5.88 Å². The van der Waals surface area contributed by atoms with Gasteiger partial charge < -0.3 is 9.68 Å². The van der Waals surface area contributed by atoms with Gasteiger partial charge in [0.1, 0.15) is 0 Å². The molecule has 0 atom stereocenters. The van der Waals surface area contributed by atoms with Crippen LogP contribution < -0.4 is 4.65 Å². The lowest BCUT2D eigenvalue weighted by Crippen LogP contribution is -2.02. The molecule has 0 fully saturated rings. The van der Waals surface area contributed by atoms with Crippen molar-refractivity contribution in [1.82, 2.24) is 4.98 Å². The monoisotopic (exact) mass is 263 g/mol. The predicted octanol–water partition coefficient (Wildman–Crippen LogP) is 2.85. The first-order valence-corrected chi connectivity index (χ1v) is 6.48. The van der Waals surface area contributed by atoms with Gasteiger partial charge in [-0.1, -0.05) is 42.5 Å². The van der Waals surface area contributed by atoms with Crippen molar-refractivity contribution in [2.24, 2.45) is 0 Å². The molecule has 0 saturated heterocycles. The molecule has 98 valence electrons. The quantitative estimate of drug-likeness (QED) is 0.739. The Morgan fingerprint density at radius 3 is 2.70 bits per heavy atom. The van der Waals surface area contributed by atoms with Gasteiger partial charge in [-0.15, -0.1) is 0 Å². The second kappa shape index (κ2) is 5.35. The molecule has 0 amide bonds. The van der Waals surface area contributed by atoms with Crippen LogP contribution in [0.4, 0.5) is 0 Å². The first-order valence-electron chi connectivity index (χ1n) is 6.48. The van der Waals surface area contributed by atoms with Crippen LogP contribution >= 0.6 is 0 Å². The molecule has 0 aliphatic rings. The van der Waals surface area contributed by atoms with Gasteiger partial charge in [-0.3, -0.25) is 0 Å². The summed E-state index contributed by atoms with van der Waals surface area (Å²) in [5.41, 5.74) is 3.04. The highest BCUT2D eigenvalue weighted by atomic mass is 16.5. The molecule has 0 saturated carbocycles. The fourth-order valence-electron chi connectivity index (χ4n) is 2.41. The zero-order chi connectivity index (χ0) is 13.9. The SMILES string of the molecule is Cc1cc(-c2cccc3ccccc23)cc(OBO)n1. The molecule has 0 aliphatic heterocycles. The van der Waals surface area contributed by atoms with Crippen molar-refractivity contribution in [3.8, 4) is 17.0 Å². The molecule has 3 nitrogen and oxygen atoms in total. The molecule has 0 unspecified atom stereocenters. The molecule has 3 aromatic rings. The van der Waals surface area contributed by atoms with Gasteiger partial charge in [0.2, 0.25) is 0 Å². The minimum Gasteiger partial charge on any atom is -0.525 e. The van der Waals surface area contributed by atoms with Crippen LogP contribution in [0, 0.1) is 6.92 Å². The first kappa shape index (κ1) is 12.7. The van der Waals surface area contributed by atoms with E-state index in [1.165, 1.54) is 10.8 Å². The van der Waals surface area contributed by atoms with Gasteiger partial charge in [0.25, 0.3) is 0 Å². The van der Waals surface area contributed by atoms with Crippen molar-refractivity contribution in [3.05, 3.63) is 60.3 Å². The third-order valence-corrected chi connectivity index (χ3v) is 3.24. The highest BCUT2D eigenvalue weighted by Crippen LogP contribution is 2.30. The number of aryl methyl sites for hydroxylation is 1. The molecule has 1 heterocycles. The molecule has 1 N–H and O–H groups in total. The second-order valence-corrected chi connectivity index (χ2v) is 4.64. The Bertz CT molecular complexity index is 753. The molecule has 0 radical (unpaired) electrons. The third kappa shape index (κ3) is 2.38. The van der Waals surface area contributed by atoms with Crippen molar-refractivity contribution in [2.45, 2.75) is 6.92 Å². The van der Waals surface area contributed by atoms with Crippen LogP contribution in [0.25, 0.3) is 21.9 Å². The molecule has 4 heteroatoms. The van der Waals surface area contributed by atoms with Crippen LogP contribution in [0.15, 0.2) is 54.6 Å².